The summed E-state index contributed by atoms with van der Waals surface area (Å²) in [5.41, 5.74) is 6.01. The van der Waals surface area contributed by atoms with Crippen LogP contribution in [0.4, 0.5) is 0 Å². The van der Waals surface area contributed by atoms with E-state index < -0.39 is 17.9 Å². The summed E-state index contributed by atoms with van der Waals surface area (Å²) < 4.78 is 0. The van der Waals surface area contributed by atoms with Crippen molar-refractivity contribution in [3.63, 3.8) is 0 Å². The lowest BCUT2D eigenvalue weighted by Gasteiger charge is -2.33. The van der Waals surface area contributed by atoms with E-state index in [2.05, 4.69) is 32.2 Å². The predicted octanol–water partition coefficient (Wildman–Crippen LogP) is 2.77. The fourth-order valence-corrected chi connectivity index (χ4v) is 4.53. The number of hydrazine groups is 1. The number of fused-ring (bicyclic) bond motifs is 1. The molecular formula is C29H24N6O4. The molecule has 4 aromatic rings. The Hall–Kier alpha value is -5.14. The Balaban J connectivity index is 1.33. The molecule has 1 aliphatic rings. The quantitative estimate of drug-likeness (QED) is 0.161. The molecule has 4 N–H and O–H groups in total. The van der Waals surface area contributed by atoms with E-state index in [0.717, 1.165) is 12.8 Å². The summed E-state index contributed by atoms with van der Waals surface area (Å²) in [6.07, 6.45) is 6.86. The van der Waals surface area contributed by atoms with Gasteiger partial charge in [0.15, 0.2) is 0 Å². The number of nitrogens with two attached hydrogens (primary N) is 1. The van der Waals surface area contributed by atoms with Gasteiger partial charge in [0, 0.05) is 47.2 Å². The van der Waals surface area contributed by atoms with E-state index in [1.165, 1.54) is 4.90 Å². The number of carboxylic acids is 1. The molecule has 1 fully saturated rings. The molecule has 3 aromatic heterocycles. The van der Waals surface area contributed by atoms with Crippen molar-refractivity contribution in [2.45, 2.75) is 25.3 Å². The number of piperidine rings is 1. The van der Waals surface area contributed by atoms with E-state index in [1.807, 2.05) is 6.07 Å². The van der Waals surface area contributed by atoms with Crippen molar-refractivity contribution in [3.8, 4) is 23.1 Å². The number of aliphatic carboxylic acids is 1. The first-order valence-corrected chi connectivity index (χ1v) is 12.3. The number of carbonyl (C=O) groups excluding carboxylic acids is 2. The van der Waals surface area contributed by atoms with Crippen molar-refractivity contribution in [3.05, 3.63) is 89.5 Å². The lowest BCUT2D eigenvalue weighted by molar-refractivity contribution is -0.143. The highest BCUT2D eigenvalue weighted by molar-refractivity contribution is 6.06. The first-order chi connectivity index (χ1) is 18.9. The lowest BCUT2D eigenvalue weighted by atomic mass is 10.0. The molecule has 39 heavy (non-hydrogen) atoms. The van der Waals surface area contributed by atoms with Crippen LogP contribution in [0.3, 0.4) is 0 Å². The van der Waals surface area contributed by atoms with Gasteiger partial charge in [-0.2, -0.15) is 0 Å². The highest BCUT2D eigenvalue weighted by Gasteiger charge is 2.32. The number of nitrogens with one attached hydrogen (secondary N) is 1. The molecular weight excluding hydrogens is 496 g/mol. The zero-order valence-corrected chi connectivity index (χ0v) is 20.8. The number of hydrogen-bond donors (Lipinski definition) is 3. The summed E-state index contributed by atoms with van der Waals surface area (Å²) in [7, 11) is 0. The fraction of sp³-hybridized carbons (Fsp3) is 0.172. The average molecular weight is 521 g/mol. The van der Waals surface area contributed by atoms with Crippen LogP contribution in [-0.2, 0) is 4.79 Å². The molecule has 5 rings (SSSR count). The van der Waals surface area contributed by atoms with Crippen LogP contribution < -0.4 is 11.3 Å². The second kappa shape index (κ2) is 11.1. The number of likely N-dealkylation sites (tertiary alicyclic amines) is 1. The van der Waals surface area contributed by atoms with Gasteiger partial charge in [-0.25, -0.2) is 20.6 Å². The second-order valence-electron chi connectivity index (χ2n) is 9.03. The van der Waals surface area contributed by atoms with Crippen LogP contribution in [0.2, 0.25) is 0 Å². The number of amides is 2. The summed E-state index contributed by atoms with van der Waals surface area (Å²) in [5.74, 6) is 9.67. The minimum Gasteiger partial charge on any atom is -0.480 e. The largest absolute Gasteiger partial charge is 0.480 e. The highest BCUT2D eigenvalue weighted by atomic mass is 16.4. The van der Waals surface area contributed by atoms with Crippen LogP contribution in [0, 0.1) is 11.8 Å². The van der Waals surface area contributed by atoms with Crippen molar-refractivity contribution in [2.75, 3.05) is 6.54 Å². The summed E-state index contributed by atoms with van der Waals surface area (Å²) >= 11 is 0. The highest BCUT2D eigenvalue weighted by Crippen LogP contribution is 2.24. The number of aromatic nitrogens is 3. The molecule has 0 radical (unpaired) electrons. The first kappa shape index (κ1) is 25.5. The topological polar surface area (TPSA) is 151 Å². The standard InChI is InChI=1S/C29H24N6O4/c30-34-27(36)22-15-25(33-24-12-13-31-17-23(22)24)20-9-11-21(32-16-20)10-6-18-4-7-19(8-5-18)28(37)35-14-2-1-3-26(35)29(38)39/h4-5,7-9,11-13,15-17,26H,1-3,14,30H2,(H,34,36)(H,38,39). The maximum atomic E-state index is 12.9. The summed E-state index contributed by atoms with van der Waals surface area (Å²) in [4.78, 5) is 51.2. The van der Waals surface area contributed by atoms with Crippen LogP contribution in [-0.4, -0.2) is 55.3 Å². The predicted molar refractivity (Wildman–Crippen MR) is 143 cm³/mol. The molecule has 4 heterocycles. The number of pyridine rings is 3. The zero-order valence-electron chi connectivity index (χ0n) is 20.8. The molecule has 10 nitrogen and oxygen atoms in total. The zero-order chi connectivity index (χ0) is 27.4. The molecule has 1 aliphatic heterocycles. The third kappa shape index (κ3) is 5.44. The van der Waals surface area contributed by atoms with Gasteiger partial charge in [0.1, 0.15) is 11.7 Å². The molecule has 1 saturated heterocycles. The Morgan fingerprint density at radius 1 is 1.03 bits per heavy atom. The van der Waals surface area contributed by atoms with E-state index >= 15 is 0 Å². The molecule has 0 aliphatic carbocycles. The van der Waals surface area contributed by atoms with Gasteiger partial charge >= 0.3 is 5.97 Å². The minimum atomic E-state index is -0.973. The Kier molecular flexibility index (Phi) is 7.25. The van der Waals surface area contributed by atoms with Crippen molar-refractivity contribution in [1.29, 1.82) is 0 Å². The Morgan fingerprint density at radius 3 is 2.56 bits per heavy atom. The maximum absolute atomic E-state index is 12.9. The molecule has 10 heteroatoms. The van der Waals surface area contributed by atoms with Gasteiger partial charge in [-0.3, -0.25) is 20.0 Å². The van der Waals surface area contributed by atoms with E-state index in [-0.39, 0.29) is 5.91 Å². The lowest BCUT2D eigenvalue weighted by Crippen LogP contribution is -2.47. The smallest absolute Gasteiger partial charge is 0.326 e. The van der Waals surface area contributed by atoms with Gasteiger partial charge in [-0.15, -0.1) is 0 Å². The first-order valence-electron chi connectivity index (χ1n) is 12.3. The maximum Gasteiger partial charge on any atom is 0.326 e. The van der Waals surface area contributed by atoms with E-state index in [1.54, 1.807) is 61.1 Å². The number of benzene rings is 1. The van der Waals surface area contributed by atoms with E-state index in [9.17, 15) is 19.5 Å². The number of hydrogen-bond acceptors (Lipinski definition) is 7. The van der Waals surface area contributed by atoms with Gasteiger partial charge in [-0.1, -0.05) is 5.92 Å². The normalized spacial score (nSPS) is 14.8. The second-order valence-corrected chi connectivity index (χ2v) is 9.03. The third-order valence-corrected chi connectivity index (χ3v) is 6.56. The Morgan fingerprint density at radius 2 is 1.85 bits per heavy atom. The monoisotopic (exact) mass is 520 g/mol. The van der Waals surface area contributed by atoms with Gasteiger partial charge < -0.3 is 10.0 Å². The van der Waals surface area contributed by atoms with Gasteiger partial charge in [-0.05, 0) is 73.7 Å². The van der Waals surface area contributed by atoms with Crippen molar-refractivity contribution in [2.24, 2.45) is 5.84 Å². The molecule has 0 saturated carbocycles. The Bertz CT molecular complexity index is 1620. The molecule has 1 atom stereocenters. The summed E-state index contributed by atoms with van der Waals surface area (Å²) in [6.45, 7) is 0.437. The molecule has 0 spiro atoms. The number of nitrogen functional groups attached to an aromatic ring is 1. The molecule has 194 valence electrons. The number of carboxylic acid groups (broad SMARTS) is 1. The SMILES string of the molecule is NNC(=O)c1cc(-c2ccc(C#Cc3ccc(C(=O)N4CCCCC4C(=O)O)cc3)nc2)nc2ccncc12. The minimum absolute atomic E-state index is 0.287. The number of nitrogens with zero attached hydrogens (tertiary/aromatic N) is 4. The van der Waals surface area contributed by atoms with Gasteiger partial charge in [0.25, 0.3) is 11.8 Å². The van der Waals surface area contributed by atoms with Crippen LogP contribution in [0.25, 0.3) is 22.2 Å². The van der Waals surface area contributed by atoms with Crippen molar-refractivity contribution >= 4 is 28.7 Å². The number of carbonyl (C=O) groups is 3. The van der Waals surface area contributed by atoms with Crippen LogP contribution >= 0.6 is 0 Å². The number of rotatable bonds is 4. The molecule has 1 aromatic carbocycles. The van der Waals surface area contributed by atoms with Crippen LogP contribution in [0.1, 0.15) is 51.2 Å². The van der Waals surface area contributed by atoms with Gasteiger partial charge in [0.05, 0.1) is 16.8 Å². The summed E-state index contributed by atoms with van der Waals surface area (Å²) in [6, 6.07) is 12.9. The van der Waals surface area contributed by atoms with Gasteiger partial charge in [0.2, 0.25) is 0 Å². The Labute approximate surface area is 223 Å². The summed E-state index contributed by atoms with van der Waals surface area (Å²) in [5, 5.41) is 10.0. The van der Waals surface area contributed by atoms with E-state index in [0.29, 0.717) is 57.5 Å². The molecule has 0 bridgehead atoms. The van der Waals surface area contributed by atoms with Crippen LogP contribution in [0.5, 0.6) is 0 Å². The van der Waals surface area contributed by atoms with E-state index in [4.69, 9.17) is 5.84 Å². The average Bonchev–Trinajstić information content (AvgIpc) is 2.99. The van der Waals surface area contributed by atoms with Crippen LogP contribution in [0.15, 0.2) is 67.1 Å². The molecule has 1 unspecified atom stereocenters. The van der Waals surface area contributed by atoms with Crippen molar-refractivity contribution < 1.29 is 19.5 Å². The fourth-order valence-electron chi connectivity index (χ4n) is 4.53. The molecule has 2 amide bonds. The van der Waals surface area contributed by atoms with Crippen molar-refractivity contribution in [1.82, 2.24) is 25.3 Å². The third-order valence-electron chi connectivity index (χ3n) is 6.56.